The summed E-state index contributed by atoms with van der Waals surface area (Å²) in [6.07, 6.45) is 0. The van der Waals surface area contributed by atoms with Crippen LogP contribution in [0.2, 0.25) is 0 Å². The molecule has 0 bridgehead atoms. The van der Waals surface area contributed by atoms with E-state index in [1.54, 1.807) is 0 Å². The fraction of sp³-hybridized carbons (Fsp3) is 0.125. The molecule has 13 heavy (non-hydrogen) atoms. The highest BCUT2D eigenvalue weighted by Crippen LogP contribution is 2.29. The lowest BCUT2D eigenvalue weighted by atomic mass is 10.1. The molecule has 0 amide bonds. The van der Waals surface area contributed by atoms with Gasteiger partial charge in [-0.3, -0.25) is 4.79 Å². The number of phenols is 1. The quantitative estimate of drug-likeness (QED) is 0.661. The summed E-state index contributed by atoms with van der Waals surface area (Å²) in [5.41, 5.74) is -0.116. The van der Waals surface area contributed by atoms with Gasteiger partial charge in [0.2, 0.25) is 0 Å². The van der Waals surface area contributed by atoms with Crippen molar-refractivity contribution in [3.05, 3.63) is 28.0 Å². The fourth-order valence-electron chi connectivity index (χ4n) is 0.873. The Labute approximate surface area is 87.5 Å². The molecule has 70 valence electrons. The molecule has 0 spiro atoms. The molecule has 1 N–H and O–H groups in total. The van der Waals surface area contributed by atoms with Gasteiger partial charge in [-0.15, -0.1) is 11.6 Å². The summed E-state index contributed by atoms with van der Waals surface area (Å²) in [6, 6.07) is 2.40. The lowest BCUT2D eigenvalue weighted by Crippen LogP contribution is -2.02. The number of aromatic hydroxyl groups is 1. The molecule has 0 unspecified atom stereocenters. The molecule has 1 rings (SSSR count). The first-order valence-corrected chi connectivity index (χ1v) is 4.66. The largest absolute Gasteiger partial charge is 0.504 e. The van der Waals surface area contributed by atoms with Crippen LogP contribution in [-0.2, 0) is 0 Å². The van der Waals surface area contributed by atoms with Gasteiger partial charge in [0.25, 0.3) is 0 Å². The number of rotatable bonds is 2. The van der Waals surface area contributed by atoms with Crippen molar-refractivity contribution >= 4 is 33.3 Å². The topological polar surface area (TPSA) is 37.3 Å². The number of ketones is 1. The molecule has 0 radical (unpaired) electrons. The third kappa shape index (κ3) is 2.00. The Hall–Kier alpha value is -0.610. The molecule has 0 aromatic heterocycles. The highest BCUT2D eigenvalue weighted by atomic mass is 79.9. The van der Waals surface area contributed by atoms with Crippen LogP contribution >= 0.6 is 27.5 Å². The van der Waals surface area contributed by atoms with Gasteiger partial charge in [-0.25, -0.2) is 4.39 Å². The Morgan fingerprint density at radius 2 is 2.23 bits per heavy atom. The molecule has 1 aromatic rings. The molecule has 0 saturated heterocycles. The Morgan fingerprint density at radius 3 is 2.77 bits per heavy atom. The number of hydrogen-bond acceptors (Lipinski definition) is 2. The highest BCUT2D eigenvalue weighted by molar-refractivity contribution is 9.10. The molecule has 0 heterocycles. The zero-order valence-electron chi connectivity index (χ0n) is 6.35. The van der Waals surface area contributed by atoms with Crippen LogP contribution in [0.25, 0.3) is 0 Å². The predicted octanol–water partition coefficient (Wildman–Crippen LogP) is 2.72. The summed E-state index contributed by atoms with van der Waals surface area (Å²) in [7, 11) is 0. The zero-order valence-corrected chi connectivity index (χ0v) is 8.69. The van der Waals surface area contributed by atoms with Crippen LogP contribution < -0.4 is 0 Å². The second kappa shape index (κ2) is 4.07. The van der Waals surface area contributed by atoms with Gasteiger partial charge in [0.15, 0.2) is 17.3 Å². The number of phenolic OH excluding ortho intramolecular Hbond substituents is 1. The highest BCUT2D eigenvalue weighted by Gasteiger charge is 2.17. The van der Waals surface area contributed by atoms with Crippen molar-refractivity contribution in [2.45, 2.75) is 0 Å². The van der Waals surface area contributed by atoms with Gasteiger partial charge in [0.05, 0.1) is 11.4 Å². The molecule has 0 fully saturated rings. The Bertz CT molecular complexity index is 354. The number of halogens is 3. The van der Waals surface area contributed by atoms with Crippen molar-refractivity contribution in [1.29, 1.82) is 0 Å². The summed E-state index contributed by atoms with van der Waals surface area (Å²) in [6.45, 7) is 0. The van der Waals surface area contributed by atoms with Gasteiger partial charge in [0, 0.05) is 4.47 Å². The van der Waals surface area contributed by atoms with Crippen LogP contribution in [0.5, 0.6) is 5.75 Å². The first kappa shape index (κ1) is 10.5. The number of hydrogen-bond donors (Lipinski definition) is 1. The van der Waals surface area contributed by atoms with Crippen LogP contribution in [0.4, 0.5) is 4.39 Å². The number of benzene rings is 1. The SMILES string of the molecule is O=C(CCl)c1c(Br)ccc(F)c1O. The summed E-state index contributed by atoms with van der Waals surface area (Å²) in [5, 5.41) is 9.20. The third-order valence-corrected chi connectivity index (χ3v) is 2.38. The van der Waals surface area contributed by atoms with Gasteiger partial charge in [-0.2, -0.15) is 0 Å². The summed E-state index contributed by atoms with van der Waals surface area (Å²) in [4.78, 5) is 11.1. The number of Topliss-reactive ketones (excluding diaryl/α,β-unsaturated/α-hetero) is 1. The average molecular weight is 267 g/mol. The molecular weight excluding hydrogens is 262 g/mol. The Morgan fingerprint density at radius 1 is 1.62 bits per heavy atom. The van der Waals surface area contributed by atoms with E-state index in [1.807, 2.05) is 0 Å². The van der Waals surface area contributed by atoms with Gasteiger partial charge < -0.3 is 5.11 Å². The van der Waals surface area contributed by atoms with E-state index >= 15 is 0 Å². The molecule has 0 atom stereocenters. The molecule has 0 aliphatic heterocycles. The van der Waals surface area contributed by atoms with Crippen molar-refractivity contribution in [1.82, 2.24) is 0 Å². The molecule has 0 aliphatic carbocycles. The van der Waals surface area contributed by atoms with Gasteiger partial charge in [-0.05, 0) is 28.1 Å². The van der Waals surface area contributed by atoms with Gasteiger partial charge in [-0.1, -0.05) is 0 Å². The maximum Gasteiger partial charge on any atom is 0.182 e. The van der Waals surface area contributed by atoms with Crippen molar-refractivity contribution in [3.8, 4) is 5.75 Å². The fourth-order valence-corrected chi connectivity index (χ4v) is 1.55. The maximum absolute atomic E-state index is 12.8. The van der Waals surface area contributed by atoms with Crippen LogP contribution in [0, 0.1) is 5.82 Å². The molecule has 5 heteroatoms. The van der Waals surface area contributed by atoms with Crippen LogP contribution in [0.3, 0.4) is 0 Å². The number of alkyl halides is 1. The molecule has 0 aliphatic rings. The van der Waals surface area contributed by atoms with Crippen LogP contribution in [0.1, 0.15) is 10.4 Å². The number of carbonyl (C=O) groups is 1. The second-order valence-corrected chi connectivity index (χ2v) is 3.43. The predicted molar refractivity (Wildman–Crippen MR) is 50.8 cm³/mol. The van der Waals surface area contributed by atoms with Crippen LogP contribution in [0.15, 0.2) is 16.6 Å². The normalized spacial score (nSPS) is 10.1. The molecule has 0 saturated carbocycles. The first-order valence-electron chi connectivity index (χ1n) is 3.34. The maximum atomic E-state index is 12.8. The van der Waals surface area contributed by atoms with Gasteiger partial charge in [0.1, 0.15) is 0 Å². The average Bonchev–Trinajstić information content (AvgIpc) is 2.12. The zero-order chi connectivity index (χ0) is 10.0. The van der Waals surface area contributed by atoms with E-state index in [1.165, 1.54) is 6.07 Å². The first-order chi connectivity index (χ1) is 6.07. The summed E-state index contributed by atoms with van der Waals surface area (Å²) in [5.74, 6) is -2.32. The van der Waals surface area contributed by atoms with E-state index in [4.69, 9.17) is 11.6 Å². The van der Waals surface area contributed by atoms with Crippen molar-refractivity contribution in [2.75, 3.05) is 5.88 Å². The van der Waals surface area contributed by atoms with Gasteiger partial charge >= 0.3 is 0 Å². The molecule has 2 nitrogen and oxygen atoms in total. The van der Waals surface area contributed by atoms with E-state index in [9.17, 15) is 14.3 Å². The van der Waals surface area contributed by atoms with Crippen molar-refractivity contribution in [3.63, 3.8) is 0 Å². The smallest absolute Gasteiger partial charge is 0.182 e. The van der Waals surface area contributed by atoms with E-state index in [0.29, 0.717) is 4.47 Å². The molecule has 1 aromatic carbocycles. The number of carbonyl (C=O) groups excluding carboxylic acids is 1. The van der Waals surface area contributed by atoms with E-state index in [0.717, 1.165) is 6.07 Å². The Balaban J connectivity index is 3.33. The lowest BCUT2D eigenvalue weighted by molar-refractivity contribution is 0.101. The minimum Gasteiger partial charge on any atom is -0.504 e. The second-order valence-electron chi connectivity index (χ2n) is 2.31. The monoisotopic (exact) mass is 266 g/mol. The van der Waals surface area contributed by atoms with E-state index < -0.39 is 17.3 Å². The van der Waals surface area contributed by atoms with Crippen LogP contribution in [-0.4, -0.2) is 16.8 Å². The lowest BCUT2D eigenvalue weighted by Gasteiger charge is -2.04. The minimum absolute atomic E-state index is 0.116. The molecular formula is C8H5BrClFO2. The van der Waals surface area contributed by atoms with Crippen molar-refractivity contribution in [2.24, 2.45) is 0 Å². The third-order valence-electron chi connectivity index (χ3n) is 1.48. The van der Waals surface area contributed by atoms with E-state index in [2.05, 4.69) is 15.9 Å². The standard InChI is InChI=1S/C8H5BrClFO2/c9-4-1-2-5(11)8(13)7(4)6(12)3-10/h1-2,13H,3H2. The summed E-state index contributed by atoms with van der Waals surface area (Å²) < 4.78 is 13.1. The van der Waals surface area contributed by atoms with Crippen molar-refractivity contribution < 1.29 is 14.3 Å². The summed E-state index contributed by atoms with van der Waals surface area (Å²) >= 11 is 8.30. The van der Waals surface area contributed by atoms with E-state index in [-0.39, 0.29) is 11.4 Å². The Kier molecular flexibility index (Phi) is 3.27. The minimum atomic E-state index is -0.836.